The Hall–Kier alpha value is -2.55. The van der Waals surface area contributed by atoms with Crippen molar-refractivity contribution in [3.63, 3.8) is 0 Å². The Morgan fingerprint density at radius 1 is 0.596 bits per heavy atom. The summed E-state index contributed by atoms with van der Waals surface area (Å²) in [6, 6.07) is 0. The third-order valence-electron chi connectivity index (χ3n) is 7.86. The average molecular weight is 750 g/mol. The molecule has 0 bridgehead atoms. The Kier molecular flexibility index (Phi) is 36.3. The summed E-state index contributed by atoms with van der Waals surface area (Å²) in [7, 11) is -4.43. The number of nitrogens with one attached hydrogen (secondary N) is 1. The first-order valence-corrected chi connectivity index (χ1v) is 21.4. The van der Waals surface area contributed by atoms with Gasteiger partial charge in [0.05, 0.1) is 13.2 Å². The highest BCUT2D eigenvalue weighted by Gasteiger charge is 2.23. The molecule has 0 saturated heterocycles. The Morgan fingerprint density at radius 3 is 1.65 bits per heavy atom. The monoisotopic (exact) mass is 749 g/mol. The summed E-state index contributed by atoms with van der Waals surface area (Å²) >= 11 is 0. The zero-order valence-electron chi connectivity index (χ0n) is 32.5. The second-order valence-electron chi connectivity index (χ2n) is 12.9. The Labute approximate surface area is 316 Å². The van der Waals surface area contributed by atoms with E-state index in [0.29, 0.717) is 12.8 Å². The number of carbonyl (C=O) groups excluding carboxylic acids is 2. The number of hydrogen-bond acceptors (Lipinski definition) is 7. The molecule has 0 rings (SSSR count). The fourth-order valence-corrected chi connectivity index (χ4v) is 5.56. The molecule has 10 heteroatoms. The first-order chi connectivity index (χ1) is 25.3. The van der Waals surface area contributed by atoms with Crippen LogP contribution in [0.1, 0.15) is 149 Å². The van der Waals surface area contributed by atoms with Crippen LogP contribution in [0.4, 0.5) is 0 Å². The van der Waals surface area contributed by atoms with E-state index in [-0.39, 0.29) is 32.1 Å². The molecule has 3 N–H and O–H groups in total. The van der Waals surface area contributed by atoms with Gasteiger partial charge in [-0.05, 0) is 77.0 Å². The SMILES string of the molecule is CCCC/C=C\C/C=C\CCCCCCCC(=O)NCCOP(=O)(O)OCC(O)COC(=O)CCC/C=C\C/C=C\C/C=C\C/C=C\CCCCC. The molecular weight excluding hydrogens is 677 g/mol. The van der Waals surface area contributed by atoms with E-state index in [1.54, 1.807) is 0 Å². The maximum Gasteiger partial charge on any atom is 0.472 e. The molecule has 52 heavy (non-hydrogen) atoms. The molecule has 0 aliphatic rings. The Bertz CT molecular complexity index is 1080. The van der Waals surface area contributed by atoms with Gasteiger partial charge in [-0.2, -0.15) is 0 Å². The van der Waals surface area contributed by atoms with E-state index in [4.69, 9.17) is 13.8 Å². The number of ether oxygens (including phenoxy) is 1. The van der Waals surface area contributed by atoms with Crippen LogP contribution in [-0.2, 0) is 27.9 Å². The molecule has 0 fully saturated rings. The fourth-order valence-electron chi connectivity index (χ4n) is 4.80. The zero-order valence-corrected chi connectivity index (χ0v) is 33.4. The lowest BCUT2D eigenvalue weighted by Gasteiger charge is -2.15. The minimum Gasteiger partial charge on any atom is -0.463 e. The number of allylic oxidation sites excluding steroid dienone is 12. The van der Waals surface area contributed by atoms with Gasteiger partial charge in [0.1, 0.15) is 12.7 Å². The second-order valence-corrected chi connectivity index (χ2v) is 14.3. The summed E-state index contributed by atoms with van der Waals surface area (Å²) in [5.41, 5.74) is 0. The Balaban J connectivity index is 3.74. The normalized spacial score (nSPS) is 14.2. The topological polar surface area (TPSA) is 131 Å². The van der Waals surface area contributed by atoms with Gasteiger partial charge in [0, 0.05) is 19.4 Å². The van der Waals surface area contributed by atoms with Crippen LogP contribution in [0.2, 0.25) is 0 Å². The summed E-state index contributed by atoms with van der Waals surface area (Å²) in [5.74, 6) is -0.595. The van der Waals surface area contributed by atoms with Crippen molar-refractivity contribution in [1.82, 2.24) is 5.32 Å². The molecule has 0 saturated carbocycles. The first kappa shape index (κ1) is 49.5. The molecule has 0 radical (unpaired) electrons. The molecule has 0 aliphatic carbocycles. The van der Waals surface area contributed by atoms with Gasteiger partial charge in [-0.3, -0.25) is 18.6 Å². The second kappa shape index (κ2) is 38.2. The number of hydrogen-bond donors (Lipinski definition) is 3. The number of phosphoric acid groups is 1. The molecule has 0 aromatic heterocycles. The van der Waals surface area contributed by atoms with Gasteiger partial charge in [0.15, 0.2) is 0 Å². The van der Waals surface area contributed by atoms with E-state index >= 15 is 0 Å². The van der Waals surface area contributed by atoms with E-state index in [9.17, 15) is 24.2 Å². The van der Waals surface area contributed by atoms with Crippen LogP contribution >= 0.6 is 7.82 Å². The van der Waals surface area contributed by atoms with Crippen LogP contribution < -0.4 is 5.32 Å². The predicted octanol–water partition coefficient (Wildman–Crippen LogP) is 10.7. The minimum absolute atomic E-state index is 0.0636. The number of rotatable bonds is 36. The molecule has 0 aromatic carbocycles. The highest BCUT2D eigenvalue weighted by Crippen LogP contribution is 2.42. The van der Waals surface area contributed by atoms with Gasteiger partial charge < -0.3 is 20.1 Å². The van der Waals surface area contributed by atoms with Gasteiger partial charge in [-0.1, -0.05) is 132 Å². The number of aliphatic hydroxyl groups is 1. The smallest absolute Gasteiger partial charge is 0.463 e. The van der Waals surface area contributed by atoms with Crippen molar-refractivity contribution in [2.45, 2.75) is 155 Å². The van der Waals surface area contributed by atoms with Crippen molar-refractivity contribution >= 4 is 19.7 Å². The molecule has 0 heterocycles. The third-order valence-corrected chi connectivity index (χ3v) is 8.84. The summed E-state index contributed by atoms with van der Waals surface area (Å²) in [6.45, 7) is 3.38. The van der Waals surface area contributed by atoms with E-state index in [2.05, 4.69) is 86.0 Å². The third kappa shape index (κ3) is 38.7. The molecule has 2 unspecified atom stereocenters. The van der Waals surface area contributed by atoms with Gasteiger partial charge in [0.25, 0.3) is 0 Å². The van der Waals surface area contributed by atoms with E-state index in [1.807, 2.05) is 6.08 Å². The van der Waals surface area contributed by atoms with Crippen LogP contribution in [0, 0.1) is 0 Å². The van der Waals surface area contributed by atoms with Crippen LogP contribution in [0.25, 0.3) is 0 Å². The van der Waals surface area contributed by atoms with Crippen LogP contribution in [0.5, 0.6) is 0 Å². The molecule has 0 aromatic rings. The Morgan fingerprint density at radius 2 is 1.08 bits per heavy atom. The van der Waals surface area contributed by atoms with Gasteiger partial charge in [-0.15, -0.1) is 0 Å². The average Bonchev–Trinajstić information content (AvgIpc) is 3.13. The minimum atomic E-state index is -4.43. The van der Waals surface area contributed by atoms with Crippen molar-refractivity contribution < 1.29 is 37.9 Å². The summed E-state index contributed by atoms with van der Waals surface area (Å²) in [6.07, 6.45) is 45.5. The van der Waals surface area contributed by atoms with Crippen molar-refractivity contribution in [3.8, 4) is 0 Å². The maximum absolute atomic E-state index is 12.1. The van der Waals surface area contributed by atoms with Gasteiger partial charge in [0.2, 0.25) is 5.91 Å². The number of esters is 1. The number of aliphatic hydroxyl groups excluding tert-OH is 1. The van der Waals surface area contributed by atoms with Gasteiger partial charge in [-0.25, -0.2) is 4.57 Å². The predicted molar refractivity (Wildman–Crippen MR) is 215 cm³/mol. The fraction of sp³-hybridized carbons (Fsp3) is 0.667. The standard InChI is InChI=1S/C42H72NO8P/c1-3-5-7-9-11-13-15-17-19-20-21-23-25-27-29-31-33-35-42(46)49-38-40(44)39-51-52(47,48)50-37-36-43-41(45)34-32-30-28-26-24-22-18-16-14-12-10-8-6-4-2/h10-13,16-19,21,23,27,29,40,44H,3-9,14-15,20,22,24-26,28,30-39H2,1-2H3,(H,43,45)(H,47,48)/b12-10-,13-11-,18-16-,19-17-,23-21-,29-27-. The first-order valence-electron chi connectivity index (χ1n) is 19.9. The number of amides is 1. The van der Waals surface area contributed by atoms with Crippen molar-refractivity contribution in [1.29, 1.82) is 0 Å². The molecular formula is C42H72NO8P. The summed E-state index contributed by atoms with van der Waals surface area (Å²) in [4.78, 5) is 33.8. The molecule has 2 atom stereocenters. The largest absolute Gasteiger partial charge is 0.472 e. The van der Waals surface area contributed by atoms with Crippen LogP contribution in [-0.4, -0.2) is 54.3 Å². The number of carbonyl (C=O) groups is 2. The van der Waals surface area contributed by atoms with Crippen molar-refractivity contribution in [2.75, 3.05) is 26.4 Å². The molecule has 298 valence electrons. The maximum atomic E-state index is 12.1. The van der Waals surface area contributed by atoms with E-state index in [1.165, 1.54) is 44.9 Å². The highest BCUT2D eigenvalue weighted by molar-refractivity contribution is 7.47. The summed E-state index contributed by atoms with van der Waals surface area (Å²) < 4.78 is 26.7. The van der Waals surface area contributed by atoms with Crippen molar-refractivity contribution in [3.05, 3.63) is 72.9 Å². The quantitative estimate of drug-likeness (QED) is 0.0250. The number of unbranched alkanes of at least 4 members (excludes halogenated alkanes) is 11. The lowest BCUT2D eigenvalue weighted by Crippen LogP contribution is -2.27. The van der Waals surface area contributed by atoms with Gasteiger partial charge >= 0.3 is 13.8 Å². The molecule has 9 nitrogen and oxygen atoms in total. The lowest BCUT2D eigenvalue weighted by molar-refractivity contribution is -0.147. The molecule has 0 aliphatic heterocycles. The van der Waals surface area contributed by atoms with E-state index in [0.717, 1.165) is 70.6 Å². The zero-order chi connectivity index (χ0) is 38.2. The van der Waals surface area contributed by atoms with Crippen LogP contribution in [0.15, 0.2) is 72.9 Å². The van der Waals surface area contributed by atoms with Crippen LogP contribution in [0.3, 0.4) is 0 Å². The highest BCUT2D eigenvalue weighted by atomic mass is 31.2. The summed E-state index contributed by atoms with van der Waals surface area (Å²) in [5, 5.41) is 12.6. The lowest BCUT2D eigenvalue weighted by atomic mass is 10.1. The number of phosphoric ester groups is 1. The van der Waals surface area contributed by atoms with Crippen molar-refractivity contribution in [2.24, 2.45) is 0 Å². The molecule has 0 spiro atoms. The molecule has 1 amide bonds. The van der Waals surface area contributed by atoms with E-state index < -0.39 is 26.5 Å².